The van der Waals surface area contributed by atoms with E-state index in [4.69, 9.17) is 0 Å². The Kier molecular flexibility index (Phi) is 3.50. The second kappa shape index (κ2) is 3.64. The lowest BCUT2D eigenvalue weighted by Crippen LogP contribution is -1.85. The van der Waals surface area contributed by atoms with Crippen LogP contribution in [0.25, 0.3) is 0 Å². The van der Waals surface area contributed by atoms with Crippen molar-refractivity contribution in [3.63, 3.8) is 0 Å². The Bertz CT molecular complexity index is 181. The van der Waals surface area contributed by atoms with E-state index in [1.807, 2.05) is 16.8 Å². The van der Waals surface area contributed by atoms with Crippen LogP contribution in [-0.4, -0.2) is 5.78 Å². The third-order valence-electron chi connectivity index (χ3n) is 0.928. The van der Waals surface area contributed by atoms with Crippen molar-refractivity contribution in [2.45, 2.75) is 6.92 Å². The molecule has 1 rings (SSSR count). The van der Waals surface area contributed by atoms with E-state index in [1.165, 1.54) is 0 Å². The van der Waals surface area contributed by atoms with Gasteiger partial charge in [-0.1, -0.05) is 0 Å². The standard InChI is InChI=1S/C6H6OS.ClH/c1-5(7)6-2-3-8-4-6;/h2-4H,1H3;1H. The van der Waals surface area contributed by atoms with Crippen molar-refractivity contribution < 1.29 is 4.79 Å². The molecule has 0 bridgehead atoms. The summed E-state index contributed by atoms with van der Waals surface area (Å²) in [6.07, 6.45) is 0. The minimum Gasteiger partial charge on any atom is -0.294 e. The molecule has 0 saturated heterocycles. The third-order valence-corrected chi connectivity index (χ3v) is 1.61. The predicted molar refractivity (Wildman–Crippen MR) is 41.6 cm³/mol. The maximum Gasteiger partial charge on any atom is 0.160 e. The van der Waals surface area contributed by atoms with Crippen LogP contribution in [-0.2, 0) is 0 Å². The minimum atomic E-state index is 0. The monoisotopic (exact) mass is 162 g/mol. The summed E-state index contributed by atoms with van der Waals surface area (Å²) in [5.41, 5.74) is 0.815. The number of halogens is 1. The van der Waals surface area contributed by atoms with Crippen molar-refractivity contribution >= 4 is 29.5 Å². The number of thiophene rings is 1. The van der Waals surface area contributed by atoms with Gasteiger partial charge in [0.2, 0.25) is 0 Å². The number of carbonyl (C=O) groups excluding carboxylic acids is 1. The molecule has 0 unspecified atom stereocenters. The van der Waals surface area contributed by atoms with E-state index < -0.39 is 0 Å². The molecule has 0 aliphatic heterocycles. The van der Waals surface area contributed by atoms with E-state index in [2.05, 4.69) is 0 Å². The Balaban J connectivity index is 0.000000640. The van der Waals surface area contributed by atoms with Crippen LogP contribution in [0.4, 0.5) is 0 Å². The molecule has 1 aromatic heterocycles. The highest BCUT2D eigenvalue weighted by Crippen LogP contribution is 2.05. The number of Topliss-reactive ketones (excluding diaryl/α,β-unsaturated/α-hetero) is 1. The highest BCUT2D eigenvalue weighted by Gasteiger charge is 1.94. The van der Waals surface area contributed by atoms with Crippen LogP contribution in [0.5, 0.6) is 0 Å². The molecule has 0 N–H and O–H groups in total. The zero-order valence-electron chi connectivity index (χ0n) is 4.96. The van der Waals surface area contributed by atoms with Crippen molar-refractivity contribution in [1.82, 2.24) is 0 Å². The first-order valence-electron chi connectivity index (χ1n) is 2.34. The Morgan fingerprint density at radius 2 is 2.33 bits per heavy atom. The van der Waals surface area contributed by atoms with Gasteiger partial charge in [-0.25, -0.2) is 0 Å². The van der Waals surface area contributed by atoms with Gasteiger partial charge in [0.15, 0.2) is 5.78 Å². The summed E-state index contributed by atoms with van der Waals surface area (Å²) in [4.78, 5) is 10.5. The second-order valence-electron chi connectivity index (χ2n) is 1.57. The average molecular weight is 163 g/mol. The molecule has 0 saturated carbocycles. The lowest BCUT2D eigenvalue weighted by Gasteiger charge is -1.79. The van der Waals surface area contributed by atoms with Gasteiger partial charge in [-0.2, -0.15) is 11.3 Å². The summed E-state index contributed by atoms with van der Waals surface area (Å²) in [5, 5.41) is 3.75. The topological polar surface area (TPSA) is 17.1 Å². The van der Waals surface area contributed by atoms with Crippen LogP contribution in [0, 0.1) is 0 Å². The van der Waals surface area contributed by atoms with E-state index in [1.54, 1.807) is 18.3 Å². The van der Waals surface area contributed by atoms with Crippen LogP contribution in [0.2, 0.25) is 0 Å². The molecule has 50 valence electrons. The fraction of sp³-hybridized carbons (Fsp3) is 0.167. The SMILES string of the molecule is CC(=O)c1ccsc1.Cl. The summed E-state index contributed by atoms with van der Waals surface area (Å²) in [6.45, 7) is 1.57. The van der Waals surface area contributed by atoms with Crippen LogP contribution in [0.3, 0.4) is 0 Å². The summed E-state index contributed by atoms with van der Waals surface area (Å²) in [6, 6.07) is 1.83. The molecule has 0 atom stereocenters. The van der Waals surface area contributed by atoms with Gasteiger partial charge in [0, 0.05) is 10.9 Å². The molecule has 3 heteroatoms. The van der Waals surface area contributed by atoms with Gasteiger partial charge in [0.25, 0.3) is 0 Å². The zero-order valence-corrected chi connectivity index (χ0v) is 6.59. The van der Waals surface area contributed by atoms with E-state index in [0.29, 0.717) is 0 Å². The molecule has 9 heavy (non-hydrogen) atoms. The Hall–Kier alpha value is -0.340. The van der Waals surface area contributed by atoms with E-state index in [0.717, 1.165) is 5.56 Å². The molecule has 0 aromatic carbocycles. The van der Waals surface area contributed by atoms with E-state index in [-0.39, 0.29) is 18.2 Å². The first kappa shape index (κ1) is 8.66. The lowest BCUT2D eigenvalue weighted by atomic mass is 10.2. The Morgan fingerprint density at radius 3 is 2.56 bits per heavy atom. The molecule has 0 fully saturated rings. The van der Waals surface area contributed by atoms with Gasteiger partial charge in [-0.15, -0.1) is 12.4 Å². The highest BCUT2D eigenvalue weighted by molar-refractivity contribution is 7.08. The van der Waals surface area contributed by atoms with Crippen molar-refractivity contribution in [3.8, 4) is 0 Å². The van der Waals surface area contributed by atoms with E-state index >= 15 is 0 Å². The van der Waals surface area contributed by atoms with Gasteiger partial charge in [-0.05, 0) is 18.4 Å². The molecular weight excluding hydrogens is 156 g/mol. The summed E-state index contributed by atoms with van der Waals surface area (Å²) in [7, 11) is 0. The third kappa shape index (κ3) is 2.16. The maximum atomic E-state index is 10.5. The average Bonchev–Trinajstić information content (AvgIpc) is 2.12. The van der Waals surface area contributed by atoms with Crippen molar-refractivity contribution in [1.29, 1.82) is 0 Å². The van der Waals surface area contributed by atoms with Gasteiger partial charge in [0.1, 0.15) is 0 Å². The fourth-order valence-corrected chi connectivity index (χ4v) is 1.16. The van der Waals surface area contributed by atoms with Crippen LogP contribution in [0.15, 0.2) is 16.8 Å². The number of ketones is 1. The second-order valence-corrected chi connectivity index (χ2v) is 2.35. The summed E-state index contributed by atoms with van der Waals surface area (Å²) >= 11 is 1.55. The number of carbonyl (C=O) groups is 1. The van der Waals surface area contributed by atoms with Crippen LogP contribution < -0.4 is 0 Å². The number of hydrogen-bond donors (Lipinski definition) is 0. The fourth-order valence-electron chi connectivity index (χ4n) is 0.465. The Labute approximate surface area is 64.1 Å². The van der Waals surface area contributed by atoms with Crippen molar-refractivity contribution in [2.75, 3.05) is 0 Å². The molecule has 0 aliphatic rings. The molecule has 1 nitrogen and oxygen atoms in total. The van der Waals surface area contributed by atoms with Crippen molar-refractivity contribution in [3.05, 3.63) is 22.4 Å². The molecule has 0 aliphatic carbocycles. The smallest absolute Gasteiger partial charge is 0.160 e. The predicted octanol–water partition coefficient (Wildman–Crippen LogP) is 2.37. The molecule has 0 spiro atoms. The summed E-state index contributed by atoms with van der Waals surface area (Å²) < 4.78 is 0. The van der Waals surface area contributed by atoms with Crippen molar-refractivity contribution in [2.24, 2.45) is 0 Å². The van der Waals surface area contributed by atoms with Gasteiger partial charge < -0.3 is 0 Å². The highest BCUT2D eigenvalue weighted by atomic mass is 35.5. The number of hydrogen-bond acceptors (Lipinski definition) is 2. The molecule has 1 aromatic rings. The van der Waals surface area contributed by atoms with Gasteiger partial charge >= 0.3 is 0 Å². The molecular formula is C6H7ClOS. The van der Waals surface area contributed by atoms with E-state index in [9.17, 15) is 4.79 Å². The lowest BCUT2D eigenvalue weighted by molar-refractivity contribution is 0.101. The largest absolute Gasteiger partial charge is 0.294 e. The number of rotatable bonds is 1. The molecule has 0 amide bonds. The first-order chi connectivity index (χ1) is 3.80. The minimum absolute atomic E-state index is 0. The quantitative estimate of drug-likeness (QED) is 0.580. The first-order valence-corrected chi connectivity index (χ1v) is 3.28. The van der Waals surface area contributed by atoms with Gasteiger partial charge in [0.05, 0.1) is 0 Å². The van der Waals surface area contributed by atoms with Crippen LogP contribution in [0.1, 0.15) is 17.3 Å². The van der Waals surface area contributed by atoms with Gasteiger partial charge in [-0.3, -0.25) is 4.79 Å². The summed E-state index contributed by atoms with van der Waals surface area (Å²) in [5.74, 6) is 0.145. The zero-order chi connectivity index (χ0) is 5.98. The molecule has 0 radical (unpaired) electrons. The van der Waals surface area contributed by atoms with Crippen LogP contribution >= 0.6 is 23.7 Å². The molecule has 1 heterocycles. The normalized spacial score (nSPS) is 8.11. The Morgan fingerprint density at radius 1 is 1.67 bits per heavy atom. The maximum absolute atomic E-state index is 10.5.